The van der Waals surface area contributed by atoms with Crippen LogP contribution in [-0.4, -0.2) is 68.5 Å². The molecule has 0 saturated heterocycles. The van der Waals surface area contributed by atoms with Crippen LogP contribution in [0.5, 0.6) is 0 Å². The van der Waals surface area contributed by atoms with Crippen LogP contribution >= 0.6 is 7.82 Å². The number of quaternary nitrogens is 1. The molecule has 0 heterocycles. The first kappa shape index (κ1) is 60.9. The zero-order chi connectivity index (χ0) is 46.4. The van der Waals surface area contributed by atoms with E-state index in [-0.39, 0.29) is 19.1 Å². The number of phosphoric ester groups is 1. The number of allylic oxidation sites excluding steroid dienone is 12. The van der Waals surface area contributed by atoms with Crippen LogP contribution in [0.25, 0.3) is 0 Å². The highest BCUT2D eigenvalue weighted by molar-refractivity contribution is 7.45. The maximum atomic E-state index is 12.9. The van der Waals surface area contributed by atoms with Crippen LogP contribution in [0.2, 0.25) is 0 Å². The number of unbranched alkanes of at least 4 members (excludes halogenated alkanes) is 21. The topological polar surface area (TPSA) is 108 Å². The fraction of sp³-hybridized carbons (Fsp3) is 0.759. The summed E-state index contributed by atoms with van der Waals surface area (Å²) < 4.78 is 23.3. The van der Waals surface area contributed by atoms with E-state index in [4.69, 9.17) is 9.05 Å². The summed E-state index contributed by atoms with van der Waals surface area (Å²) in [5.74, 6) is -0.176. The number of nitrogens with one attached hydrogen (secondary N) is 1. The summed E-state index contributed by atoms with van der Waals surface area (Å²) in [5.41, 5.74) is 0. The molecular formula is C54H99N2O6P. The molecule has 3 atom stereocenters. The molecule has 8 nitrogen and oxygen atoms in total. The van der Waals surface area contributed by atoms with Crippen molar-refractivity contribution in [2.75, 3.05) is 40.9 Å². The molecule has 0 bridgehead atoms. The molecule has 0 aromatic carbocycles. The van der Waals surface area contributed by atoms with Crippen molar-refractivity contribution in [3.63, 3.8) is 0 Å². The van der Waals surface area contributed by atoms with Gasteiger partial charge in [-0.1, -0.05) is 215 Å². The molecule has 0 radical (unpaired) electrons. The summed E-state index contributed by atoms with van der Waals surface area (Å²) in [6, 6.07) is -0.809. The van der Waals surface area contributed by atoms with Crippen LogP contribution in [0.4, 0.5) is 0 Å². The molecule has 0 aromatic heterocycles. The van der Waals surface area contributed by atoms with Gasteiger partial charge < -0.3 is 28.8 Å². The van der Waals surface area contributed by atoms with Crippen LogP contribution in [0, 0.1) is 0 Å². The number of aliphatic hydroxyl groups excluding tert-OH is 1. The second-order valence-corrected chi connectivity index (χ2v) is 19.9. The molecule has 0 aliphatic rings. The molecule has 0 fully saturated rings. The molecule has 0 aromatic rings. The van der Waals surface area contributed by atoms with Gasteiger partial charge in [-0.25, -0.2) is 0 Å². The van der Waals surface area contributed by atoms with Crippen LogP contribution in [0.1, 0.15) is 213 Å². The van der Waals surface area contributed by atoms with Gasteiger partial charge >= 0.3 is 0 Å². The lowest BCUT2D eigenvalue weighted by Crippen LogP contribution is -2.46. The molecule has 0 saturated carbocycles. The molecule has 3 unspecified atom stereocenters. The fourth-order valence-corrected chi connectivity index (χ4v) is 7.88. The Hall–Kier alpha value is -2.06. The van der Waals surface area contributed by atoms with Gasteiger partial charge in [-0.3, -0.25) is 9.36 Å². The minimum Gasteiger partial charge on any atom is -0.756 e. The normalized spacial score (nSPS) is 14.7. The Morgan fingerprint density at radius 3 is 1.41 bits per heavy atom. The quantitative estimate of drug-likeness (QED) is 0.0273. The Kier molecular flexibility index (Phi) is 43.6. The Morgan fingerprint density at radius 2 is 0.968 bits per heavy atom. The number of hydrogen-bond donors (Lipinski definition) is 2. The summed E-state index contributed by atoms with van der Waals surface area (Å²) in [7, 11) is 1.29. The lowest BCUT2D eigenvalue weighted by molar-refractivity contribution is -0.870. The first-order chi connectivity index (χ1) is 30.5. The van der Waals surface area contributed by atoms with Gasteiger partial charge in [0, 0.05) is 6.42 Å². The van der Waals surface area contributed by atoms with Gasteiger partial charge in [-0.2, -0.15) is 0 Å². The van der Waals surface area contributed by atoms with Crippen molar-refractivity contribution >= 4 is 13.7 Å². The van der Waals surface area contributed by atoms with Crippen LogP contribution in [0.15, 0.2) is 72.9 Å². The molecule has 0 rings (SSSR count). The van der Waals surface area contributed by atoms with Gasteiger partial charge in [0.2, 0.25) is 5.91 Å². The number of rotatable bonds is 46. The van der Waals surface area contributed by atoms with Gasteiger partial charge in [-0.05, 0) is 64.2 Å². The van der Waals surface area contributed by atoms with E-state index >= 15 is 0 Å². The molecule has 2 N–H and O–H groups in total. The third kappa shape index (κ3) is 47.7. The van der Waals surface area contributed by atoms with E-state index in [1.165, 1.54) is 103 Å². The Bertz CT molecular complexity index is 1250. The number of nitrogens with zero attached hydrogens (tertiary/aromatic N) is 1. The Labute approximate surface area is 389 Å². The summed E-state index contributed by atoms with van der Waals surface area (Å²) in [5, 5.41) is 14.0. The van der Waals surface area contributed by atoms with E-state index < -0.39 is 20.0 Å². The highest BCUT2D eigenvalue weighted by Crippen LogP contribution is 2.38. The van der Waals surface area contributed by atoms with Gasteiger partial charge in [-0.15, -0.1) is 0 Å². The highest BCUT2D eigenvalue weighted by atomic mass is 31.2. The molecular weight excluding hydrogens is 804 g/mol. The molecule has 0 aliphatic heterocycles. The minimum atomic E-state index is -4.57. The average Bonchev–Trinajstić information content (AvgIpc) is 3.24. The Morgan fingerprint density at radius 1 is 0.571 bits per heavy atom. The number of carbonyl (C=O) groups excluding carboxylic acids is 1. The molecule has 63 heavy (non-hydrogen) atoms. The van der Waals surface area contributed by atoms with E-state index in [1.54, 1.807) is 0 Å². The molecule has 9 heteroatoms. The lowest BCUT2D eigenvalue weighted by Gasteiger charge is -2.30. The highest BCUT2D eigenvalue weighted by Gasteiger charge is 2.24. The van der Waals surface area contributed by atoms with Crippen molar-refractivity contribution in [2.45, 2.75) is 225 Å². The number of aliphatic hydroxyl groups is 1. The van der Waals surface area contributed by atoms with Crippen LogP contribution in [0.3, 0.4) is 0 Å². The summed E-state index contributed by atoms with van der Waals surface area (Å²) in [6.45, 7) is 4.59. The van der Waals surface area contributed by atoms with Gasteiger partial charge in [0.15, 0.2) is 0 Å². The second kappa shape index (κ2) is 45.1. The number of amides is 1. The first-order valence-electron chi connectivity index (χ1n) is 25.8. The maximum absolute atomic E-state index is 12.9. The number of phosphoric acid groups is 1. The van der Waals surface area contributed by atoms with Crippen molar-refractivity contribution in [3.8, 4) is 0 Å². The summed E-state index contributed by atoms with van der Waals surface area (Å²) in [6.07, 6.45) is 60.5. The zero-order valence-electron chi connectivity index (χ0n) is 41.5. The van der Waals surface area contributed by atoms with Gasteiger partial charge in [0.05, 0.1) is 39.9 Å². The first-order valence-corrected chi connectivity index (χ1v) is 27.2. The van der Waals surface area contributed by atoms with E-state index in [9.17, 15) is 19.4 Å². The SMILES string of the molecule is CC/C=C\C/C=C\C/C=C\C/C=C\C/C=C\C/C=C\CCCCCCCCCCC(=O)NC(COP(=O)([O-])OCC[N+](C)(C)C)C(O)CCCCCCCCCCCCCCCC. The summed E-state index contributed by atoms with van der Waals surface area (Å²) in [4.78, 5) is 25.4. The van der Waals surface area contributed by atoms with Crippen molar-refractivity contribution in [1.82, 2.24) is 5.32 Å². The van der Waals surface area contributed by atoms with Crippen molar-refractivity contribution < 1.29 is 32.9 Å². The predicted octanol–water partition coefficient (Wildman–Crippen LogP) is 14.5. The molecule has 1 amide bonds. The zero-order valence-corrected chi connectivity index (χ0v) is 42.4. The lowest BCUT2D eigenvalue weighted by atomic mass is 10.0. The average molecular weight is 903 g/mol. The largest absolute Gasteiger partial charge is 0.756 e. The second-order valence-electron chi connectivity index (χ2n) is 18.5. The number of hydrogen-bond acceptors (Lipinski definition) is 6. The van der Waals surface area contributed by atoms with E-state index in [1.807, 2.05) is 21.1 Å². The van der Waals surface area contributed by atoms with E-state index in [0.717, 1.165) is 83.5 Å². The minimum absolute atomic E-state index is 0.00717. The van der Waals surface area contributed by atoms with Gasteiger partial charge in [0.1, 0.15) is 13.2 Å². The smallest absolute Gasteiger partial charge is 0.268 e. The summed E-state index contributed by atoms with van der Waals surface area (Å²) >= 11 is 0. The van der Waals surface area contributed by atoms with Crippen molar-refractivity contribution in [1.29, 1.82) is 0 Å². The predicted molar refractivity (Wildman–Crippen MR) is 270 cm³/mol. The third-order valence-electron chi connectivity index (χ3n) is 11.2. The van der Waals surface area contributed by atoms with Gasteiger partial charge in [0.25, 0.3) is 7.82 Å². The monoisotopic (exact) mass is 903 g/mol. The number of carbonyl (C=O) groups is 1. The van der Waals surface area contributed by atoms with Crippen LogP contribution < -0.4 is 10.2 Å². The maximum Gasteiger partial charge on any atom is 0.268 e. The molecule has 366 valence electrons. The van der Waals surface area contributed by atoms with E-state index in [0.29, 0.717) is 23.9 Å². The molecule has 0 aliphatic carbocycles. The standard InChI is InChI=1S/C54H99N2O6P/c1-6-8-10-12-14-16-18-20-22-23-24-25-26-27-28-29-30-31-32-33-34-36-38-40-42-44-46-48-54(58)55-52(51-62-63(59,60)61-50-49-56(3,4)5)53(57)47-45-43-41-39-37-35-21-19-17-15-13-11-9-7-2/h8,10,14,16,20,22,24-25,27-28,30-31,52-53,57H,6-7,9,11-13,15,17-19,21,23,26,29,32-51H2,1-5H3,(H-,55,58,59,60)/b10-8-,16-14-,22-20-,25-24-,28-27-,31-30-. The Balaban J connectivity index is 4.24. The van der Waals surface area contributed by atoms with Crippen molar-refractivity contribution in [2.24, 2.45) is 0 Å². The van der Waals surface area contributed by atoms with Crippen molar-refractivity contribution in [3.05, 3.63) is 72.9 Å². The fourth-order valence-electron chi connectivity index (χ4n) is 7.16. The molecule has 0 spiro atoms. The van der Waals surface area contributed by atoms with E-state index in [2.05, 4.69) is 92.1 Å². The third-order valence-corrected chi connectivity index (χ3v) is 12.2. The number of likely N-dealkylation sites (N-methyl/N-ethyl adjacent to an activating group) is 1. The van der Waals surface area contributed by atoms with Crippen LogP contribution in [-0.2, 0) is 18.4 Å².